The highest BCUT2D eigenvalue weighted by Gasteiger charge is 2.11. The maximum atomic E-state index is 5.74. The Bertz CT molecular complexity index is 258. The van der Waals surface area contributed by atoms with Gasteiger partial charge in [-0.3, -0.25) is 0 Å². The van der Waals surface area contributed by atoms with Crippen LogP contribution in [0.5, 0.6) is 0 Å². The predicted molar refractivity (Wildman–Crippen MR) is 59.6 cm³/mol. The van der Waals surface area contributed by atoms with Crippen LogP contribution in [-0.2, 0) is 0 Å². The molecule has 0 aromatic carbocycles. The van der Waals surface area contributed by atoms with Gasteiger partial charge >= 0.3 is 0 Å². The summed E-state index contributed by atoms with van der Waals surface area (Å²) in [4.78, 5) is 8.52. The van der Waals surface area contributed by atoms with E-state index in [9.17, 15) is 0 Å². The van der Waals surface area contributed by atoms with Crippen LogP contribution < -0.4 is 0 Å². The predicted octanol–water partition coefficient (Wildman–Crippen LogP) is 3.81. The molecule has 1 aromatic heterocycles. The maximum absolute atomic E-state index is 5.74. The lowest BCUT2D eigenvalue weighted by Gasteiger charge is -2.12. The summed E-state index contributed by atoms with van der Waals surface area (Å²) in [6.07, 6.45) is 8.10. The van der Waals surface area contributed by atoms with Crippen LogP contribution in [0, 0.1) is 0 Å². The van der Waals surface area contributed by atoms with Gasteiger partial charge in [-0.15, -0.1) is 0 Å². The zero-order chi connectivity index (χ0) is 10.4. The van der Waals surface area contributed by atoms with Crippen LogP contribution in [0.2, 0.25) is 5.02 Å². The second-order valence-corrected chi connectivity index (χ2v) is 3.94. The number of aromatic nitrogens is 2. The van der Waals surface area contributed by atoms with Gasteiger partial charge < -0.3 is 0 Å². The summed E-state index contributed by atoms with van der Waals surface area (Å²) >= 11 is 5.74. The Labute approximate surface area is 90.7 Å². The second-order valence-electron chi connectivity index (χ2n) is 3.51. The molecule has 0 aliphatic rings. The summed E-state index contributed by atoms with van der Waals surface area (Å²) in [5.74, 6) is 1.43. The van der Waals surface area contributed by atoms with E-state index >= 15 is 0 Å². The molecule has 1 atom stereocenters. The molecule has 0 bridgehead atoms. The zero-order valence-electron chi connectivity index (χ0n) is 8.83. The van der Waals surface area contributed by atoms with Gasteiger partial charge in [0.1, 0.15) is 5.82 Å². The van der Waals surface area contributed by atoms with Crippen LogP contribution in [0.4, 0.5) is 0 Å². The summed E-state index contributed by atoms with van der Waals surface area (Å²) in [7, 11) is 0. The number of halogens is 1. The molecule has 0 amide bonds. The minimum Gasteiger partial charge on any atom is -0.240 e. The summed E-state index contributed by atoms with van der Waals surface area (Å²) in [5, 5.41) is 0.610. The molecule has 1 unspecified atom stereocenters. The fourth-order valence-electron chi connectivity index (χ4n) is 1.50. The highest BCUT2D eigenvalue weighted by Crippen LogP contribution is 2.22. The van der Waals surface area contributed by atoms with Gasteiger partial charge in [0.15, 0.2) is 0 Å². The topological polar surface area (TPSA) is 25.8 Å². The van der Waals surface area contributed by atoms with Crippen molar-refractivity contribution in [2.24, 2.45) is 0 Å². The quantitative estimate of drug-likeness (QED) is 0.742. The van der Waals surface area contributed by atoms with Crippen LogP contribution in [-0.4, -0.2) is 9.97 Å². The summed E-state index contributed by atoms with van der Waals surface area (Å²) in [6.45, 7) is 4.38. The molecule has 1 heterocycles. The monoisotopic (exact) mass is 212 g/mol. The molecule has 0 spiro atoms. The lowest BCUT2D eigenvalue weighted by Crippen LogP contribution is -2.02. The molecule has 0 aliphatic heterocycles. The van der Waals surface area contributed by atoms with Crippen molar-refractivity contribution in [3.05, 3.63) is 23.2 Å². The first-order valence-corrected chi connectivity index (χ1v) is 5.63. The number of nitrogens with zero attached hydrogens (tertiary/aromatic N) is 2. The van der Waals surface area contributed by atoms with Crippen molar-refractivity contribution >= 4 is 11.6 Å². The van der Waals surface area contributed by atoms with Gasteiger partial charge in [0.25, 0.3) is 0 Å². The van der Waals surface area contributed by atoms with E-state index < -0.39 is 0 Å². The smallest absolute Gasteiger partial charge is 0.131 e. The second kappa shape index (κ2) is 5.97. The molecule has 0 saturated heterocycles. The average Bonchev–Trinajstić information content (AvgIpc) is 2.21. The van der Waals surface area contributed by atoms with E-state index in [0.29, 0.717) is 10.9 Å². The van der Waals surface area contributed by atoms with E-state index in [1.165, 1.54) is 19.3 Å². The standard InChI is InChI=1S/C11H17ClN2/c1-3-5-6-9(4-2)11-13-7-10(12)8-14-11/h7-9H,3-6H2,1-2H3. The minimum atomic E-state index is 0.493. The molecular formula is C11H17ClN2. The highest BCUT2D eigenvalue weighted by molar-refractivity contribution is 6.30. The van der Waals surface area contributed by atoms with E-state index in [0.717, 1.165) is 12.2 Å². The lowest BCUT2D eigenvalue weighted by molar-refractivity contribution is 0.543. The number of hydrogen-bond donors (Lipinski definition) is 0. The molecule has 1 aromatic rings. The number of rotatable bonds is 5. The largest absolute Gasteiger partial charge is 0.240 e. The van der Waals surface area contributed by atoms with E-state index in [1.54, 1.807) is 12.4 Å². The first-order valence-electron chi connectivity index (χ1n) is 5.25. The lowest BCUT2D eigenvalue weighted by atomic mass is 9.98. The van der Waals surface area contributed by atoms with Crippen molar-refractivity contribution in [2.75, 3.05) is 0 Å². The van der Waals surface area contributed by atoms with Crippen LogP contribution >= 0.6 is 11.6 Å². The van der Waals surface area contributed by atoms with E-state index in [4.69, 9.17) is 11.6 Å². The van der Waals surface area contributed by atoms with E-state index in [-0.39, 0.29) is 0 Å². The molecule has 0 radical (unpaired) electrons. The van der Waals surface area contributed by atoms with Crippen molar-refractivity contribution in [1.82, 2.24) is 9.97 Å². The fraction of sp³-hybridized carbons (Fsp3) is 0.636. The van der Waals surface area contributed by atoms with Gasteiger partial charge in [0, 0.05) is 18.3 Å². The third-order valence-corrected chi connectivity index (χ3v) is 2.60. The van der Waals surface area contributed by atoms with Gasteiger partial charge in [-0.05, 0) is 12.8 Å². The Kier molecular flexibility index (Phi) is 4.88. The van der Waals surface area contributed by atoms with Crippen LogP contribution in [0.1, 0.15) is 51.3 Å². The van der Waals surface area contributed by atoms with Crippen molar-refractivity contribution < 1.29 is 0 Å². The Morgan fingerprint density at radius 3 is 2.43 bits per heavy atom. The highest BCUT2D eigenvalue weighted by atomic mass is 35.5. The average molecular weight is 213 g/mol. The molecular weight excluding hydrogens is 196 g/mol. The van der Waals surface area contributed by atoms with Crippen molar-refractivity contribution in [3.63, 3.8) is 0 Å². The summed E-state index contributed by atoms with van der Waals surface area (Å²) in [5.41, 5.74) is 0. The molecule has 0 aliphatic carbocycles. The first-order chi connectivity index (χ1) is 6.77. The number of hydrogen-bond acceptors (Lipinski definition) is 2. The Morgan fingerprint density at radius 2 is 1.93 bits per heavy atom. The molecule has 3 heteroatoms. The Hall–Kier alpha value is -0.630. The van der Waals surface area contributed by atoms with Gasteiger partial charge in [-0.2, -0.15) is 0 Å². The zero-order valence-corrected chi connectivity index (χ0v) is 9.59. The fourth-order valence-corrected chi connectivity index (χ4v) is 1.60. The molecule has 0 saturated carbocycles. The van der Waals surface area contributed by atoms with Crippen LogP contribution in [0.3, 0.4) is 0 Å². The van der Waals surface area contributed by atoms with Gasteiger partial charge in [-0.1, -0.05) is 38.3 Å². The molecule has 2 nitrogen and oxygen atoms in total. The van der Waals surface area contributed by atoms with Crippen molar-refractivity contribution in [1.29, 1.82) is 0 Å². The minimum absolute atomic E-state index is 0.493. The first kappa shape index (κ1) is 11.4. The summed E-state index contributed by atoms with van der Waals surface area (Å²) < 4.78 is 0. The summed E-state index contributed by atoms with van der Waals surface area (Å²) in [6, 6.07) is 0. The third kappa shape index (κ3) is 3.26. The van der Waals surface area contributed by atoms with Crippen molar-refractivity contribution in [3.8, 4) is 0 Å². The van der Waals surface area contributed by atoms with Gasteiger partial charge in [0.05, 0.1) is 5.02 Å². The molecule has 78 valence electrons. The van der Waals surface area contributed by atoms with E-state index in [1.807, 2.05) is 0 Å². The Morgan fingerprint density at radius 1 is 1.29 bits per heavy atom. The molecule has 0 fully saturated rings. The SMILES string of the molecule is CCCCC(CC)c1ncc(Cl)cn1. The molecule has 1 rings (SSSR count). The third-order valence-electron chi connectivity index (χ3n) is 2.40. The van der Waals surface area contributed by atoms with E-state index in [2.05, 4.69) is 23.8 Å². The van der Waals surface area contributed by atoms with Crippen LogP contribution in [0.15, 0.2) is 12.4 Å². The van der Waals surface area contributed by atoms with Gasteiger partial charge in [-0.25, -0.2) is 9.97 Å². The van der Waals surface area contributed by atoms with Gasteiger partial charge in [0.2, 0.25) is 0 Å². The molecule has 0 N–H and O–H groups in total. The Balaban J connectivity index is 2.64. The number of unbranched alkanes of at least 4 members (excludes halogenated alkanes) is 1. The maximum Gasteiger partial charge on any atom is 0.131 e. The molecule has 14 heavy (non-hydrogen) atoms. The normalized spacial score (nSPS) is 12.8. The van der Waals surface area contributed by atoms with Crippen molar-refractivity contribution in [2.45, 2.75) is 45.4 Å². The van der Waals surface area contributed by atoms with Crippen LogP contribution in [0.25, 0.3) is 0 Å².